The minimum absolute atomic E-state index is 0.221. The lowest BCUT2D eigenvalue weighted by Crippen LogP contribution is -2.63. The quantitative estimate of drug-likeness (QED) is 0.498. The molecule has 0 radical (unpaired) electrons. The third-order valence-electron chi connectivity index (χ3n) is 4.73. The summed E-state index contributed by atoms with van der Waals surface area (Å²) in [5, 5.41) is 3.23. The third kappa shape index (κ3) is 3.84. The molecule has 2 aromatic rings. The molecule has 122 valence electrons. The van der Waals surface area contributed by atoms with Crippen LogP contribution in [0.15, 0.2) is 72.4 Å². The molecule has 0 bridgehead atoms. The van der Waals surface area contributed by atoms with E-state index in [0.717, 1.165) is 0 Å². The van der Waals surface area contributed by atoms with Gasteiger partial charge in [0.25, 0.3) is 0 Å². The van der Waals surface area contributed by atoms with Crippen LogP contribution in [0.2, 0.25) is 5.04 Å². The van der Waals surface area contributed by atoms with E-state index in [1.54, 1.807) is 0 Å². The van der Waals surface area contributed by atoms with Gasteiger partial charge in [0.05, 0.1) is 0 Å². The van der Waals surface area contributed by atoms with Crippen LogP contribution in [0, 0.1) is 0 Å². The van der Waals surface area contributed by atoms with Gasteiger partial charge >= 0.3 is 0 Å². The molecule has 0 spiro atoms. The average molecular weight is 323 g/mol. The summed E-state index contributed by atoms with van der Waals surface area (Å²) in [4.78, 5) is 0. The van der Waals surface area contributed by atoms with Crippen molar-refractivity contribution in [1.29, 1.82) is 0 Å². The second-order valence-electron chi connectivity index (χ2n) is 7.33. The van der Waals surface area contributed by atoms with Crippen molar-refractivity contribution in [1.82, 2.24) is 0 Å². The van der Waals surface area contributed by atoms with E-state index < -0.39 is 8.07 Å². The molecular weight excluding hydrogens is 292 g/mol. The van der Waals surface area contributed by atoms with E-state index in [4.69, 9.17) is 0 Å². The Morgan fingerprint density at radius 2 is 1.30 bits per heavy atom. The van der Waals surface area contributed by atoms with E-state index in [1.807, 2.05) is 0 Å². The van der Waals surface area contributed by atoms with E-state index in [9.17, 15) is 0 Å². The van der Waals surface area contributed by atoms with Crippen molar-refractivity contribution in [2.45, 2.75) is 52.0 Å². The average Bonchev–Trinajstić information content (AvgIpc) is 2.55. The number of hydrogen-bond donors (Lipinski definition) is 0. The normalized spacial score (nSPS) is 12.7. The van der Waals surface area contributed by atoms with E-state index in [0.29, 0.717) is 0 Å². The van der Waals surface area contributed by atoms with Crippen molar-refractivity contribution in [3.8, 4) is 0 Å². The van der Waals surface area contributed by atoms with E-state index in [1.165, 1.54) is 29.6 Å². The summed E-state index contributed by atoms with van der Waals surface area (Å²) in [6.45, 7) is 9.48. The summed E-state index contributed by atoms with van der Waals surface area (Å²) in [6, 6.07) is 22.3. The van der Waals surface area contributed by atoms with Crippen molar-refractivity contribution in [3.05, 3.63) is 72.4 Å². The molecule has 2 rings (SSSR count). The van der Waals surface area contributed by atoms with Crippen molar-refractivity contribution in [2.24, 2.45) is 0 Å². The molecule has 23 heavy (non-hydrogen) atoms. The molecular formula is C22H30Si. The molecule has 0 aliphatic rings. The van der Waals surface area contributed by atoms with Crippen LogP contribution in [0.25, 0.3) is 0 Å². The number of rotatable bonds is 6. The lowest BCUT2D eigenvalue weighted by Gasteiger charge is -2.42. The SMILES string of the molecule is CCCC/C=C/[Si](c1ccccc1)(c1ccccc1)C(C)(C)C. The maximum absolute atomic E-state index is 2.59. The Morgan fingerprint density at radius 3 is 1.70 bits per heavy atom. The Balaban J connectivity index is 2.62. The highest BCUT2D eigenvalue weighted by Crippen LogP contribution is 2.36. The zero-order valence-corrected chi connectivity index (χ0v) is 16.0. The molecule has 0 saturated heterocycles. The van der Waals surface area contributed by atoms with Crippen molar-refractivity contribution >= 4 is 18.4 Å². The second kappa shape index (κ2) is 7.78. The van der Waals surface area contributed by atoms with Crippen LogP contribution in [0.5, 0.6) is 0 Å². The lowest BCUT2D eigenvalue weighted by molar-refractivity contribution is 0.738. The molecule has 0 aliphatic heterocycles. The van der Waals surface area contributed by atoms with Crippen molar-refractivity contribution in [2.75, 3.05) is 0 Å². The Labute approximate surface area is 143 Å². The van der Waals surface area contributed by atoms with Gasteiger partial charge in [0, 0.05) is 0 Å². The monoisotopic (exact) mass is 322 g/mol. The summed E-state index contributed by atoms with van der Waals surface area (Å²) < 4.78 is 0. The van der Waals surface area contributed by atoms with Crippen LogP contribution < -0.4 is 10.4 Å². The van der Waals surface area contributed by atoms with Crippen LogP contribution >= 0.6 is 0 Å². The molecule has 0 N–H and O–H groups in total. The molecule has 0 aliphatic carbocycles. The summed E-state index contributed by atoms with van der Waals surface area (Å²) >= 11 is 0. The van der Waals surface area contributed by atoms with Crippen LogP contribution in [0.3, 0.4) is 0 Å². The van der Waals surface area contributed by atoms with Gasteiger partial charge in [0.2, 0.25) is 0 Å². The molecule has 0 atom stereocenters. The zero-order valence-electron chi connectivity index (χ0n) is 15.0. The summed E-state index contributed by atoms with van der Waals surface area (Å²) in [6.07, 6.45) is 6.15. The van der Waals surface area contributed by atoms with E-state index in [-0.39, 0.29) is 5.04 Å². The predicted molar refractivity (Wildman–Crippen MR) is 106 cm³/mol. The molecule has 0 amide bonds. The van der Waals surface area contributed by atoms with Gasteiger partial charge in [-0.15, -0.1) is 0 Å². The Hall–Kier alpha value is -1.60. The summed E-state index contributed by atoms with van der Waals surface area (Å²) in [5.74, 6) is 0. The number of allylic oxidation sites excluding steroid dienone is 1. The molecule has 1 heteroatoms. The minimum atomic E-state index is -1.98. The van der Waals surface area contributed by atoms with Gasteiger partial charge in [-0.1, -0.05) is 113 Å². The molecule has 0 nitrogen and oxygen atoms in total. The molecule has 0 unspecified atom stereocenters. The van der Waals surface area contributed by atoms with Crippen LogP contribution in [-0.2, 0) is 0 Å². The lowest BCUT2D eigenvalue weighted by atomic mass is 10.2. The Bertz CT molecular complexity index is 566. The van der Waals surface area contributed by atoms with Gasteiger partial charge in [-0.3, -0.25) is 0 Å². The van der Waals surface area contributed by atoms with Gasteiger partial charge in [-0.25, -0.2) is 0 Å². The molecule has 0 heterocycles. The maximum atomic E-state index is 2.59. The largest absolute Gasteiger partial charge is 0.146 e. The van der Waals surface area contributed by atoms with Crippen LogP contribution in [0.4, 0.5) is 0 Å². The molecule has 0 saturated carbocycles. The minimum Gasteiger partial charge on any atom is -0.0917 e. The van der Waals surface area contributed by atoms with Crippen molar-refractivity contribution < 1.29 is 0 Å². The topological polar surface area (TPSA) is 0 Å². The molecule has 0 fully saturated rings. The summed E-state index contributed by atoms with van der Waals surface area (Å²) in [7, 11) is -1.98. The zero-order chi connectivity index (χ0) is 16.8. The first kappa shape index (κ1) is 17.7. The Morgan fingerprint density at radius 1 is 0.826 bits per heavy atom. The first-order chi connectivity index (χ1) is 11.0. The fourth-order valence-electron chi connectivity index (χ4n) is 3.46. The highest BCUT2D eigenvalue weighted by molar-refractivity contribution is 7.07. The number of unbranched alkanes of at least 4 members (excludes halogenated alkanes) is 2. The fourth-order valence-corrected chi connectivity index (χ4v) is 8.37. The molecule has 0 aromatic heterocycles. The van der Waals surface area contributed by atoms with Gasteiger partial charge < -0.3 is 0 Å². The van der Waals surface area contributed by atoms with E-state index in [2.05, 4.69) is 100 Å². The number of hydrogen-bond acceptors (Lipinski definition) is 0. The highest BCUT2D eigenvalue weighted by atomic mass is 28.3. The van der Waals surface area contributed by atoms with Crippen LogP contribution in [-0.4, -0.2) is 8.07 Å². The fraction of sp³-hybridized carbons (Fsp3) is 0.364. The second-order valence-corrected chi connectivity index (χ2v) is 11.9. The third-order valence-corrected chi connectivity index (χ3v) is 10.3. The van der Waals surface area contributed by atoms with Gasteiger partial charge in [-0.05, 0) is 21.8 Å². The van der Waals surface area contributed by atoms with Gasteiger partial charge in [-0.2, -0.15) is 0 Å². The van der Waals surface area contributed by atoms with Gasteiger partial charge in [0.15, 0.2) is 0 Å². The predicted octanol–water partition coefficient (Wildman–Crippen LogP) is 5.34. The van der Waals surface area contributed by atoms with E-state index >= 15 is 0 Å². The standard InChI is InChI=1S/C22H30Si/c1-5-6-7-14-19-23(22(2,3)4,20-15-10-8-11-16-20)21-17-12-9-13-18-21/h8-19H,5-7H2,1-4H3/b19-14+. The summed E-state index contributed by atoms with van der Waals surface area (Å²) in [5.41, 5.74) is 2.59. The smallest absolute Gasteiger partial charge is 0.0917 e. The molecule has 2 aromatic carbocycles. The Kier molecular flexibility index (Phi) is 6.01. The first-order valence-electron chi connectivity index (χ1n) is 8.81. The maximum Gasteiger partial charge on any atom is 0.146 e. The van der Waals surface area contributed by atoms with Crippen LogP contribution in [0.1, 0.15) is 47.0 Å². The van der Waals surface area contributed by atoms with Gasteiger partial charge in [0.1, 0.15) is 8.07 Å². The number of benzene rings is 2. The first-order valence-corrected chi connectivity index (χ1v) is 10.9. The van der Waals surface area contributed by atoms with Crippen molar-refractivity contribution in [3.63, 3.8) is 0 Å². The highest BCUT2D eigenvalue weighted by Gasteiger charge is 2.45.